The maximum absolute atomic E-state index is 12.3. The number of rotatable bonds is 3. The van der Waals surface area contributed by atoms with E-state index >= 15 is 0 Å². The quantitative estimate of drug-likeness (QED) is 0.457. The van der Waals surface area contributed by atoms with E-state index in [9.17, 15) is 35.9 Å². The first kappa shape index (κ1) is 18.5. The molecule has 0 bridgehead atoms. The highest BCUT2D eigenvalue weighted by atomic mass is 19.4. The third-order valence-corrected chi connectivity index (χ3v) is 1.78. The Labute approximate surface area is 110 Å². The zero-order valence-electron chi connectivity index (χ0n) is 10.9. The summed E-state index contributed by atoms with van der Waals surface area (Å²) in [6.07, 6.45) is -10.6. The molecular weight excluding hydrogens is 296 g/mol. The largest absolute Gasteiger partial charge is 0.490 e. The Morgan fingerprint density at radius 1 is 0.950 bits per heavy atom. The van der Waals surface area contributed by atoms with Crippen molar-refractivity contribution in [3.8, 4) is 0 Å². The summed E-state index contributed by atoms with van der Waals surface area (Å²) in [6, 6.07) is 0. The molecule has 0 heterocycles. The normalized spacial score (nSPS) is 13.1. The summed E-state index contributed by atoms with van der Waals surface area (Å²) in [7, 11) is 0. The zero-order chi connectivity index (χ0) is 16.4. The van der Waals surface area contributed by atoms with Crippen LogP contribution >= 0.6 is 0 Å². The fourth-order valence-electron chi connectivity index (χ4n) is 1.15. The molecule has 20 heavy (non-hydrogen) atoms. The zero-order valence-corrected chi connectivity index (χ0v) is 10.9. The van der Waals surface area contributed by atoms with Crippen molar-refractivity contribution < 1.29 is 40.7 Å². The Balaban J connectivity index is 4.90. The molecule has 0 aromatic rings. The highest BCUT2D eigenvalue weighted by Gasteiger charge is 2.45. The van der Waals surface area contributed by atoms with E-state index in [0.717, 1.165) is 0 Å². The van der Waals surface area contributed by atoms with E-state index in [2.05, 4.69) is 4.74 Å². The summed E-state index contributed by atoms with van der Waals surface area (Å²) in [5, 5.41) is 0. The van der Waals surface area contributed by atoms with Crippen molar-refractivity contribution in [3.63, 3.8) is 0 Å². The van der Waals surface area contributed by atoms with E-state index in [0.29, 0.717) is 0 Å². The van der Waals surface area contributed by atoms with Gasteiger partial charge < -0.3 is 9.64 Å². The van der Waals surface area contributed by atoms with Gasteiger partial charge >= 0.3 is 24.2 Å². The van der Waals surface area contributed by atoms with Crippen molar-refractivity contribution >= 4 is 11.9 Å². The minimum Gasteiger partial charge on any atom is -0.438 e. The van der Waals surface area contributed by atoms with Gasteiger partial charge in [-0.3, -0.25) is 4.79 Å². The van der Waals surface area contributed by atoms with Crippen LogP contribution in [0.15, 0.2) is 0 Å². The lowest BCUT2D eigenvalue weighted by molar-refractivity contribution is -0.210. The molecule has 0 radical (unpaired) electrons. The van der Waals surface area contributed by atoms with Gasteiger partial charge in [-0.1, -0.05) is 20.8 Å². The number of hydrogen-bond acceptors (Lipinski definition) is 3. The van der Waals surface area contributed by atoms with Gasteiger partial charge in [-0.05, 0) is 5.41 Å². The number of ether oxygens (including phenoxy) is 1. The van der Waals surface area contributed by atoms with Crippen molar-refractivity contribution in [2.24, 2.45) is 5.41 Å². The molecular formula is C10H13F6NO3. The van der Waals surface area contributed by atoms with Crippen molar-refractivity contribution in [1.29, 1.82) is 0 Å². The first-order valence-electron chi connectivity index (χ1n) is 5.24. The number of esters is 1. The summed E-state index contributed by atoms with van der Waals surface area (Å²) in [4.78, 5) is 21.5. The van der Waals surface area contributed by atoms with Crippen molar-refractivity contribution in [1.82, 2.24) is 4.90 Å². The molecule has 0 aliphatic heterocycles. The number of carbonyl (C=O) groups is 2. The first-order valence-corrected chi connectivity index (χ1v) is 5.24. The predicted octanol–water partition coefficient (Wildman–Crippen LogP) is 2.49. The average Bonchev–Trinajstić information content (AvgIpc) is 2.18. The molecule has 0 spiro atoms. The lowest BCUT2D eigenvalue weighted by atomic mass is 9.96. The van der Waals surface area contributed by atoms with Gasteiger partial charge in [0.05, 0.1) is 0 Å². The Kier molecular flexibility index (Phi) is 5.44. The van der Waals surface area contributed by atoms with Crippen LogP contribution in [-0.4, -0.2) is 42.4 Å². The number of carbonyl (C=O) groups excluding carboxylic acids is 2. The van der Waals surface area contributed by atoms with Crippen LogP contribution < -0.4 is 0 Å². The van der Waals surface area contributed by atoms with Gasteiger partial charge in [0, 0.05) is 6.54 Å². The number of halogens is 6. The van der Waals surface area contributed by atoms with Crippen LogP contribution in [0.25, 0.3) is 0 Å². The van der Waals surface area contributed by atoms with Gasteiger partial charge in [-0.15, -0.1) is 0 Å². The van der Waals surface area contributed by atoms with Crippen molar-refractivity contribution in [2.75, 3.05) is 13.3 Å². The molecule has 0 rings (SSSR count). The van der Waals surface area contributed by atoms with Gasteiger partial charge in [-0.2, -0.15) is 26.3 Å². The number of amides is 1. The molecule has 0 aromatic heterocycles. The Hall–Kier alpha value is -1.48. The van der Waals surface area contributed by atoms with Crippen LogP contribution in [-0.2, 0) is 14.3 Å². The maximum Gasteiger partial charge on any atom is 0.490 e. The third kappa shape index (κ3) is 6.62. The van der Waals surface area contributed by atoms with Crippen LogP contribution in [0.4, 0.5) is 26.3 Å². The topological polar surface area (TPSA) is 46.6 Å². The molecule has 118 valence electrons. The van der Waals surface area contributed by atoms with E-state index in [1.807, 2.05) is 0 Å². The van der Waals surface area contributed by atoms with E-state index in [4.69, 9.17) is 0 Å². The third-order valence-electron chi connectivity index (χ3n) is 1.78. The molecule has 0 saturated carbocycles. The molecule has 0 atom stereocenters. The lowest BCUT2D eigenvalue weighted by Crippen LogP contribution is -2.47. The molecule has 0 aromatic carbocycles. The molecule has 0 aliphatic rings. The highest BCUT2D eigenvalue weighted by Crippen LogP contribution is 2.23. The molecule has 0 unspecified atom stereocenters. The SMILES string of the molecule is CC(C)(C)CN(COC(=O)C(F)(F)F)C(=O)C(F)(F)F. The Morgan fingerprint density at radius 2 is 1.40 bits per heavy atom. The van der Waals surface area contributed by atoms with Gasteiger partial charge in [0.1, 0.15) is 0 Å². The van der Waals surface area contributed by atoms with E-state index in [1.165, 1.54) is 20.8 Å². The van der Waals surface area contributed by atoms with E-state index in [1.54, 1.807) is 0 Å². The van der Waals surface area contributed by atoms with E-state index in [-0.39, 0.29) is 4.90 Å². The van der Waals surface area contributed by atoms with Crippen molar-refractivity contribution in [3.05, 3.63) is 0 Å². The van der Waals surface area contributed by atoms with Gasteiger partial charge in [0.25, 0.3) is 0 Å². The predicted molar refractivity (Wildman–Crippen MR) is 54.2 cm³/mol. The monoisotopic (exact) mass is 309 g/mol. The summed E-state index contributed by atoms with van der Waals surface area (Å²) in [5.74, 6) is -5.03. The van der Waals surface area contributed by atoms with Gasteiger partial charge in [0.2, 0.25) is 0 Å². The highest BCUT2D eigenvalue weighted by molar-refractivity contribution is 5.82. The summed E-state index contributed by atoms with van der Waals surface area (Å²) in [5.41, 5.74) is -0.828. The van der Waals surface area contributed by atoms with Crippen LogP contribution in [0.1, 0.15) is 20.8 Å². The summed E-state index contributed by atoms with van der Waals surface area (Å²) in [6.45, 7) is 2.45. The smallest absolute Gasteiger partial charge is 0.438 e. The molecule has 10 heteroatoms. The molecule has 0 aliphatic carbocycles. The second-order valence-electron chi connectivity index (χ2n) is 5.12. The van der Waals surface area contributed by atoms with Crippen LogP contribution in [0, 0.1) is 5.41 Å². The second-order valence-corrected chi connectivity index (χ2v) is 5.12. The minimum atomic E-state index is -5.34. The van der Waals surface area contributed by atoms with Crippen LogP contribution in [0.3, 0.4) is 0 Å². The molecule has 1 amide bonds. The summed E-state index contributed by atoms with van der Waals surface area (Å²) < 4.78 is 76.1. The van der Waals surface area contributed by atoms with Gasteiger partial charge in [0.15, 0.2) is 6.73 Å². The number of hydrogen-bond donors (Lipinski definition) is 0. The molecule has 4 nitrogen and oxygen atoms in total. The Bertz CT molecular complexity index is 369. The second kappa shape index (κ2) is 5.88. The first-order chi connectivity index (χ1) is 8.64. The maximum atomic E-state index is 12.3. The van der Waals surface area contributed by atoms with Crippen molar-refractivity contribution in [2.45, 2.75) is 33.1 Å². The van der Waals surface area contributed by atoms with Crippen LogP contribution in [0.2, 0.25) is 0 Å². The molecule has 0 saturated heterocycles. The summed E-state index contributed by atoms with van der Waals surface area (Å²) >= 11 is 0. The number of alkyl halides is 6. The fourth-order valence-corrected chi connectivity index (χ4v) is 1.15. The van der Waals surface area contributed by atoms with Gasteiger partial charge in [-0.25, -0.2) is 4.79 Å². The molecule has 0 fully saturated rings. The van der Waals surface area contributed by atoms with E-state index < -0.39 is 42.9 Å². The number of nitrogens with zero attached hydrogens (tertiary/aromatic N) is 1. The molecule has 0 N–H and O–H groups in total. The Morgan fingerprint density at radius 3 is 1.70 bits per heavy atom. The lowest BCUT2D eigenvalue weighted by Gasteiger charge is -2.30. The fraction of sp³-hybridized carbons (Fsp3) is 0.800. The minimum absolute atomic E-state index is 0.00361. The standard InChI is InChI=1S/C10H13F6NO3/c1-8(2,3)4-17(6(18)9(11,12)13)5-20-7(19)10(14,15)16/h4-5H2,1-3H3. The van der Waals surface area contributed by atoms with Crippen LogP contribution in [0.5, 0.6) is 0 Å². The average molecular weight is 309 g/mol.